The van der Waals surface area contributed by atoms with Gasteiger partial charge in [0.15, 0.2) is 11.0 Å². The van der Waals surface area contributed by atoms with Crippen molar-refractivity contribution in [3.8, 4) is 0 Å². The van der Waals surface area contributed by atoms with E-state index in [2.05, 4.69) is 22.4 Å². The Labute approximate surface area is 195 Å². The number of rotatable bonds is 9. The molecule has 8 nitrogen and oxygen atoms in total. The number of hydrogen-bond acceptors (Lipinski definition) is 6. The molecule has 176 valence electrons. The minimum atomic E-state index is -3.51. The standard InChI is InChI=1S/C22H33N5O3S2/c1-5-26-20(14-27(32(4,29)30)18-12-10-16(2)11-13-18)24-25-22(26)31-15-21(28)23-19-9-7-6-8-17(19)3/h10-13,17,19H,5-9,14-15H2,1-4H3,(H,23,28)/t17-,19-/m1/s1. The first-order valence-corrected chi connectivity index (χ1v) is 13.9. The molecule has 1 N–H and O–H groups in total. The number of aryl methyl sites for hydroxylation is 1. The smallest absolute Gasteiger partial charge is 0.232 e. The summed E-state index contributed by atoms with van der Waals surface area (Å²) in [5.74, 6) is 1.31. The molecule has 3 rings (SSSR count). The van der Waals surface area contributed by atoms with Gasteiger partial charge in [-0.3, -0.25) is 9.10 Å². The highest BCUT2D eigenvalue weighted by Gasteiger charge is 2.24. The molecule has 0 aliphatic heterocycles. The number of aromatic nitrogens is 3. The van der Waals surface area contributed by atoms with E-state index in [0.29, 0.717) is 29.1 Å². The number of thioether (sulfide) groups is 1. The SMILES string of the molecule is CCn1c(CN(c2ccc(C)cc2)S(C)(=O)=O)nnc1SCC(=O)N[C@@H]1CCCC[C@H]1C. The summed E-state index contributed by atoms with van der Waals surface area (Å²) in [6.07, 6.45) is 5.77. The zero-order valence-electron chi connectivity index (χ0n) is 19.2. The third kappa shape index (κ3) is 6.25. The zero-order chi connectivity index (χ0) is 23.3. The molecule has 1 amide bonds. The highest BCUT2D eigenvalue weighted by atomic mass is 32.2. The third-order valence-electron chi connectivity index (χ3n) is 5.91. The third-order valence-corrected chi connectivity index (χ3v) is 8.01. The van der Waals surface area contributed by atoms with Crippen molar-refractivity contribution in [3.63, 3.8) is 0 Å². The minimum Gasteiger partial charge on any atom is -0.352 e. The number of benzene rings is 1. The van der Waals surface area contributed by atoms with Crippen LogP contribution in [0, 0.1) is 12.8 Å². The van der Waals surface area contributed by atoms with Crippen molar-refractivity contribution < 1.29 is 13.2 Å². The fraction of sp³-hybridized carbons (Fsp3) is 0.591. The quantitative estimate of drug-likeness (QED) is 0.554. The lowest BCUT2D eigenvalue weighted by atomic mass is 9.86. The summed E-state index contributed by atoms with van der Waals surface area (Å²) in [5, 5.41) is 12.3. The van der Waals surface area contributed by atoms with Crippen molar-refractivity contribution in [1.82, 2.24) is 20.1 Å². The molecule has 1 aromatic heterocycles. The first-order valence-electron chi connectivity index (χ1n) is 11.1. The van der Waals surface area contributed by atoms with E-state index >= 15 is 0 Å². The monoisotopic (exact) mass is 479 g/mol. The second-order valence-electron chi connectivity index (χ2n) is 8.47. The van der Waals surface area contributed by atoms with E-state index in [-0.39, 0.29) is 24.2 Å². The zero-order valence-corrected chi connectivity index (χ0v) is 20.9. The van der Waals surface area contributed by atoms with Gasteiger partial charge in [-0.1, -0.05) is 49.2 Å². The molecular weight excluding hydrogens is 446 g/mol. The predicted molar refractivity (Wildman–Crippen MR) is 128 cm³/mol. The topological polar surface area (TPSA) is 97.2 Å². The molecule has 32 heavy (non-hydrogen) atoms. The fourth-order valence-corrected chi connectivity index (χ4v) is 5.70. The molecule has 0 radical (unpaired) electrons. The molecule has 1 heterocycles. The van der Waals surface area contributed by atoms with Crippen LogP contribution in [0.25, 0.3) is 0 Å². The van der Waals surface area contributed by atoms with Gasteiger partial charge in [-0.05, 0) is 44.7 Å². The number of sulfonamides is 1. The molecule has 1 aromatic carbocycles. The van der Waals surface area contributed by atoms with Gasteiger partial charge in [0.25, 0.3) is 0 Å². The molecule has 1 saturated carbocycles. The Hall–Kier alpha value is -2.07. The van der Waals surface area contributed by atoms with Gasteiger partial charge in [-0.2, -0.15) is 0 Å². The number of nitrogens with zero attached hydrogens (tertiary/aromatic N) is 4. The second-order valence-corrected chi connectivity index (χ2v) is 11.3. The number of nitrogens with one attached hydrogen (secondary N) is 1. The van der Waals surface area contributed by atoms with Gasteiger partial charge in [-0.25, -0.2) is 8.42 Å². The lowest BCUT2D eigenvalue weighted by Crippen LogP contribution is -2.41. The molecule has 2 atom stereocenters. The van der Waals surface area contributed by atoms with E-state index in [1.54, 1.807) is 12.1 Å². The van der Waals surface area contributed by atoms with Gasteiger partial charge in [-0.15, -0.1) is 10.2 Å². The molecule has 2 aromatic rings. The first kappa shape index (κ1) is 24.6. The summed E-state index contributed by atoms with van der Waals surface area (Å²) < 4.78 is 28.1. The molecule has 0 unspecified atom stereocenters. The second kappa shape index (κ2) is 10.7. The van der Waals surface area contributed by atoms with Crippen LogP contribution in [0.4, 0.5) is 5.69 Å². The van der Waals surface area contributed by atoms with E-state index < -0.39 is 10.0 Å². The van der Waals surface area contributed by atoms with Crippen molar-refractivity contribution >= 4 is 33.4 Å². The van der Waals surface area contributed by atoms with E-state index in [4.69, 9.17) is 0 Å². The van der Waals surface area contributed by atoms with E-state index in [1.165, 1.54) is 28.7 Å². The molecule has 0 spiro atoms. The lowest BCUT2D eigenvalue weighted by molar-refractivity contribution is -0.119. The van der Waals surface area contributed by atoms with Crippen LogP contribution in [0.2, 0.25) is 0 Å². The summed E-state index contributed by atoms with van der Waals surface area (Å²) >= 11 is 1.33. The maximum absolute atomic E-state index is 12.5. The van der Waals surface area contributed by atoms with E-state index in [9.17, 15) is 13.2 Å². The van der Waals surface area contributed by atoms with Crippen LogP contribution in [0.5, 0.6) is 0 Å². The van der Waals surface area contributed by atoms with Crippen LogP contribution in [-0.2, 0) is 27.9 Å². The summed E-state index contributed by atoms with van der Waals surface area (Å²) in [6.45, 7) is 6.76. The normalized spacial score (nSPS) is 19.0. The lowest BCUT2D eigenvalue weighted by Gasteiger charge is -2.29. The average Bonchev–Trinajstić information content (AvgIpc) is 3.14. The van der Waals surface area contributed by atoms with Crippen molar-refractivity contribution in [1.29, 1.82) is 0 Å². The van der Waals surface area contributed by atoms with Gasteiger partial charge in [0, 0.05) is 12.6 Å². The minimum absolute atomic E-state index is 0.00151. The van der Waals surface area contributed by atoms with Crippen LogP contribution in [0.15, 0.2) is 29.4 Å². The highest BCUT2D eigenvalue weighted by Crippen LogP contribution is 2.25. The molecule has 0 saturated heterocycles. The summed E-state index contributed by atoms with van der Waals surface area (Å²) in [6, 6.07) is 7.58. The van der Waals surface area contributed by atoms with Gasteiger partial charge in [0.1, 0.15) is 0 Å². The van der Waals surface area contributed by atoms with Crippen LogP contribution in [0.3, 0.4) is 0 Å². The summed E-state index contributed by atoms with van der Waals surface area (Å²) in [5.41, 5.74) is 1.64. The van der Waals surface area contributed by atoms with Gasteiger partial charge in [0.05, 0.1) is 24.2 Å². The predicted octanol–water partition coefficient (Wildman–Crippen LogP) is 3.36. The van der Waals surface area contributed by atoms with Crippen molar-refractivity contribution in [2.45, 2.75) is 70.7 Å². The molecular formula is C22H33N5O3S2. The Kier molecular flexibility index (Phi) is 8.21. The van der Waals surface area contributed by atoms with Gasteiger partial charge in [0.2, 0.25) is 15.9 Å². The van der Waals surface area contributed by atoms with Crippen molar-refractivity contribution in [2.24, 2.45) is 5.92 Å². The number of anilines is 1. The van der Waals surface area contributed by atoms with Crippen LogP contribution >= 0.6 is 11.8 Å². The number of carbonyl (C=O) groups excluding carboxylic acids is 1. The van der Waals surface area contributed by atoms with Gasteiger partial charge >= 0.3 is 0 Å². The largest absolute Gasteiger partial charge is 0.352 e. The Morgan fingerprint density at radius 3 is 2.53 bits per heavy atom. The fourth-order valence-electron chi connectivity index (χ4n) is 4.01. The molecule has 1 fully saturated rings. The molecule has 1 aliphatic rings. The number of carbonyl (C=O) groups is 1. The molecule has 1 aliphatic carbocycles. The summed E-state index contributed by atoms with van der Waals surface area (Å²) in [7, 11) is -3.51. The van der Waals surface area contributed by atoms with Crippen molar-refractivity contribution in [2.75, 3.05) is 16.3 Å². The Balaban J connectivity index is 1.69. The average molecular weight is 480 g/mol. The number of hydrogen-bond donors (Lipinski definition) is 1. The molecule has 10 heteroatoms. The Morgan fingerprint density at radius 1 is 1.22 bits per heavy atom. The first-order chi connectivity index (χ1) is 15.2. The van der Waals surface area contributed by atoms with Crippen LogP contribution < -0.4 is 9.62 Å². The van der Waals surface area contributed by atoms with Crippen LogP contribution in [-0.4, -0.2) is 47.1 Å². The molecule has 0 bridgehead atoms. The van der Waals surface area contributed by atoms with E-state index in [0.717, 1.165) is 24.8 Å². The van der Waals surface area contributed by atoms with Crippen molar-refractivity contribution in [3.05, 3.63) is 35.7 Å². The maximum Gasteiger partial charge on any atom is 0.232 e. The maximum atomic E-state index is 12.5. The number of amides is 1. The Bertz CT molecular complexity index is 1020. The van der Waals surface area contributed by atoms with Gasteiger partial charge < -0.3 is 9.88 Å². The van der Waals surface area contributed by atoms with Crippen LogP contribution in [0.1, 0.15) is 50.9 Å². The van der Waals surface area contributed by atoms with E-state index in [1.807, 2.05) is 30.5 Å². The highest BCUT2D eigenvalue weighted by molar-refractivity contribution is 7.99. The Morgan fingerprint density at radius 2 is 1.91 bits per heavy atom. The summed E-state index contributed by atoms with van der Waals surface area (Å²) in [4.78, 5) is 12.5.